The highest BCUT2D eigenvalue weighted by Crippen LogP contribution is 2.32. The molecule has 1 amide bonds. The molecule has 0 aliphatic heterocycles. The van der Waals surface area contributed by atoms with Crippen molar-refractivity contribution in [3.8, 4) is 11.3 Å². The van der Waals surface area contributed by atoms with Gasteiger partial charge in [0.25, 0.3) is 5.91 Å². The number of amides is 1. The van der Waals surface area contributed by atoms with Crippen LogP contribution in [0.3, 0.4) is 0 Å². The van der Waals surface area contributed by atoms with E-state index in [9.17, 15) is 22.8 Å². The van der Waals surface area contributed by atoms with Gasteiger partial charge in [-0.15, -0.1) is 0 Å². The maximum atomic E-state index is 12.8. The molecule has 2 heterocycles. The maximum Gasteiger partial charge on any atom is 0.416 e. The largest absolute Gasteiger partial charge is 0.457 e. The topological polar surface area (TPSA) is 94.3 Å². The standard InChI is InChI=1S/C21H18F3N3O4/c1-12(10-26-19(28)15-4-3-9-25-11-15)30-20(29)17-13(2)31-27-18(17)14-5-7-16(8-6-14)21(22,23)24/h3-9,11-12H,10H2,1-2H3,(H,26,28). The summed E-state index contributed by atoms with van der Waals surface area (Å²) in [4.78, 5) is 28.6. The third-order valence-corrected chi connectivity index (χ3v) is 4.33. The molecule has 162 valence electrons. The molecule has 0 spiro atoms. The molecular formula is C21H18F3N3O4. The van der Waals surface area contributed by atoms with Gasteiger partial charge in [0.2, 0.25) is 0 Å². The molecule has 0 saturated heterocycles. The van der Waals surface area contributed by atoms with Gasteiger partial charge in [0.15, 0.2) is 0 Å². The van der Waals surface area contributed by atoms with Crippen molar-refractivity contribution >= 4 is 11.9 Å². The highest BCUT2D eigenvalue weighted by atomic mass is 19.4. The van der Waals surface area contributed by atoms with Crippen LogP contribution in [0.25, 0.3) is 11.3 Å². The number of nitrogens with one attached hydrogen (secondary N) is 1. The van der Waals surface area contributed by atoms with Crippen molar-refractivity contribution in [2.24, 2.45) is 0 Å². The normalized spacial score (nSPS) is 12.3. The molecule has 1 unspecified atom stereocenters. The second-order valence-corrected chi connectivity index (χ2v) is 6.71. The molecule has 1 atom stereocenters. The van der Waals surface area contributed by atoms with Crippen LogP contribution < -0.4 is 5.32 Å². The summed E-state index contributed by atoms with van der Waals surface area (Å²) in [6.07, 6.45) is -2.22. The van der Waals surface area contributed by atoms with Crippen molar-refractivity contribution in [2.75, 3.05) is 6.54 Å². The van der Waals surface area contributed by atoms with Crippen LogP contribution in [0.4, 0.5) is 13.2 Å². The first-order chi connectivity index (χ1) is 14.7. The Hall–Kier alpha value is -3.69. The van der Waals surface area contributed by atoms with Crippen LogP contribution in [0.2, 0.25) is 0 Å². The van der Waals surface area contributed by atoms with Gasteiger partial charge in [-0.05, 0) is 38.1 Å². The summed E-state index contributed by atoms with van der Waals surface area (Å²) < 4.78 is 48.7. The fraction of sp³-hybridized carbons (Fsp3) is 0.238. The molecule has 0 radical (unpaired) electrons. The zero-order valence-corrected chi connectivity index (χ0v) is 16.6. The minimum Gasteiger partial charge on any atom is -0.457 e. The first-order valence-corrected chi connectivity index (χ1v) is 9.20. The Morgan fingerprint density at radius 3 is 2.52 bits per heavy atom. The number of alkyl halides is 3. The summed E-state index contributed by atoms with van der Waals surface area (Å²) in [6, 6.07) is 7.41. The van der Waals surface area contributed by atoms with Crippen molar-refractivity contribution in [1.82, 2.24) is 15.5 Å². The first kappa shape index (κ1) is 22.0. The van der Waals surface area contributed by atoms with Crippen molar-refractivity contribution in [3.63, 3.8) is 0 Å². The molecule has 0 fully saturated rings. The van der Waals surface area contributed by atoms with Gasteiger partial charge in [0.1, 0.15) is 23.1 Å². The second kappa shape index (κ2) is 8.99. The van der Waals surface area contributed by atoms with Crippen LogP contribution in [0.1, 0.15) is 39.0 Å². The van der Waals surface area contributed by atoms with E-state index < -0.39 is 23.8 Å². The van der Waals surface area contributed by atoms with Crippen molar-refractivity contribution in [3.05, 3.63) is 71.2 Å². The average molecular weight is 433 g/mol. The van der Waals surface area contributed by atoms with Gasteiger partial charge in [-0.2, -0.15) is 13.2 Å². The van der Waals surface area contributed by atoms with E-state index in [0.29, 0.717) is 5.56 Å². The lowest BCUT2D eigenvalue weighted by molar-refractivity contribution is -0.137. The fourth-order valence-electron chi connectivity index (χ4n) is 2.75. The molecule has 1 N–H and O–H groups in total. The molecule has 2 aromatic heterocycles. The van der Waals surface area contributed by atoms with Crippen LogP contribution in [-0.4, -0.2) is 34.7 Å². The Balaban J connectivity index is 1.68. The number of rotatable bonds is 6. The molecule has 31 heavy (non-hydrogen) atoms. The molecular weight excluding hydrogens is 415 g/mol. The number of carbonyl (C=O) groups excluding carboxylic acids is 2. The number of pyridine rings is 1. The van der Waals surface area contributed by atoms with Gasteiger partial charge >= 0.3 is 12.1 Å². The Labute approximate surface area is 175 Å². The fourth-order valence-corrected chi connectivity index (χ4v) is 2.75. The van der Waals surface area contributed by atoms with Gasteiger partial charge in [0.05, 0.1) is 17.7 Å². The van der Waals surface area contributed by atoms with E-state index in [2.05, 4.69) is 15.5 Å². The van der Waals surface area contributed by atoms with Crippen LogP contribution >= 0.6 is 0 Å². The highest BCUT2D eigenvalue weighted by Gasteiger charge is 2.31. The summed E-state index contributed by atoms with van der Waals surface area (Å²) in [6.45, 7) is 3.12. The summed E-state index contributed by atoms with van der Waals surface area (Å²) >= 11 is 0. The predicted molar refractivity (Wildman–Crippen MR) is 103 cm³/mol. The van der Waals surface area contributed by atoms with E-state index in [-0.39, 0.29) is 35.0 Å². The Bertz CT molecular complexity index is 1060. The van der Waals surface area contributed by atoms with Crippen LogP contribution in [0, 0.1) is 6.92 Å². The number of benzene rings is 1. The van der Waals surface area contributed by atoms with E-state index in [1.807, 2.05) is 0 Å². The van der Waals surface area contributed by atoms with E-state index in [1.165, 1.54) is 31.5 Å². The minimum absolute atomic E-state index is 0.00481. The Morgan fingerprint density at radius 2 is 1.90 bits per heavy atom. The monoisotopic (exact) mass is 433 g/mol. The maximum absolute atomic E-state index is 12.8. The number of halogens is 3. The molecule has 10 heteroatoms. The average Bonchev–Trinajstić information content (AvgIpc) is 3.13. The Morgan fingerprint density at radius 1 is 1.19 bits per heavy atom. The van der Waals surface area contributed by atoms with Crippen molar-refractivity contribution in [1.29, 1.82) is 0 Å². The molecule has 0 bridgehead atoms. The van der Waals surface area contributed by atoms with E-state index in [0.717, 1.165) is 12.1 Å². The molecule has 3 rings (SSSR count). The van der Waals surface area contributed by atoms with Crippen LogP contribution in [-0.2, 0) is 10.9 Å². The minimum atomic E-state index is -4.48. The molecule has 3 aromatic rings. The molecule has 7 nitrogen and oxygen atoms in total. The molecule has 0 aliphatic carbocycles. The van der Waals surface area contributed by atoms with E-state index in [4.69, 9.17) is 9.26 Å². The molecule has 0 saturated carbocycles. The summed E-state index contributed by atoms with van der Waals surface area (Å²) in [5, 5.41) is 6.42. The lowest BCUT2D eigenvalue weighted by Crippen LogP contribution is -2.33. The van der Waals surface area contributed by atoms with Gasteiger partial charge in [-0.25, -0.2) is 4.79 Å². The number of esters is 1. The zero-order chi connectivity index (χ0) is 22.6. The number of nitrogens with zero attached hydrogens (tertiary/aromatic N) is 2. The highest BCUT2D eigenvalue weighted by molar-refractivity contribution is 5.97. The van der Waals surface area contributed by atoms with Crippen molar-refractivity contribution in [2.45, 2.75) is 26.1 Å². The first-order valence-electron chi connectivity index (χ1n) is 9.20. The lowest BCUT2D eigenvalue weighted by Gasteiger charge is -2.14. The summed E-state index contributed by atoms with van der Waals surface area (Å²) in [5.41, 5.74) is -0.110. The van der Waals surface area contributed by atoms with Gasteiger partial charge in [-0.3, -0.25) is 9.78 Å². The SMILES string of the molecule is Cc1onc(-c2ccc(C(F)(F)F)cc2)c1C(=O)OC(C)CNC(=O)c1cccnc1. The number of aromatic nitrogens is 2. The van der Waals surface area contributed by atoms with Crippen LogP contribution in [0.5, 0.6) is 0 Å². The van der Waals surface area contributed by atoms with Gasteiger partial charge < -0.3 is 14.6 Å². The quantitative estimate of drug-likeness (QED) is 0.590. The van der Waals surface area contributed by atoms with Crippen molar-refractivity contribution < 1.29 is 32.0 Å². The number of ether oxygens (including phenoxy) is 1. The molecule has 1 aromatic carbocycles. The van der Waals surface area contributed by atoms with E-state index >= 15 is 0 Å². The zero-order valence-electron chi connectivity index (χ0n) is 16.6. The molecule has 0 aliphatic rings. The number of hydrogen-bond donors (Lipinski definition) is 1. The van der Waals surface area contributed by atoms with Crippen LogP contribution in [0.15, 0.2) is 53.3 Å². The van der Waals surface area contributed by atoms with Gasteiger partial charge in [0, 0.05) is 18.0 Å². The third kappa shape index (κ3) is 5.27. The third-order valence-electron chi connectivity index (χ3n) is 4.33. The second-order valence-electron chi connectivity index (χ2n) is 6.71. The predicted octanol–water partition coefficient (Wildman–Crippen LogP) is 4.04. The smallest absolute Gasteiger partial charge is 0.416 e. The number of hydrogen-bond acceptors (Lipinski definition) is 6. The van der Waals surface area contributed by atoms with E-state index in [1.54, 1.807) is 19.1 Å². The summed E-state index contributed by atoms with van der Waals surface area (Å²) in [5.74, 6) is -0.981. The number of aryl methyl sites for hydroxylation is 1. The van der Waals surface area contributed by atoms with Gasteiger partial charge in [-0.1, -0.05) is 17.3 Å². The Kier molecular flexibility index (Phi) is 6.38. The number of carbonyl (C=O) groups is 2. The lowest BCUT2D eigenvalue weighted by atomic mass is 10.0. The summed E-state index contributed by atoms with van der Waals surface area (Å²) in [7, 11) is 0.